The van der Waals surface area contributed by atoms with Crippen molar-refractivity contribution in [1.82, 2.24) is 4.31 Å². The summed E-state index contributed by atoms with van der Waals surface area (Å²) < 4.78 is 83.5. The first-order valence-corrected chi connectivity index (χ1v) is 14.7. The summed E-state index contributed by atoms with van der Waals surface area (Å²) in [5, 5.41) is 12.2. The lowest BCUT2D eigenvalue weighted by atomic mass is 9.92. The van der Waals surface area contributed by atoms with Gasteiger partial charge in [0.05, 0.1) is 30.8 Å². The summed E-state index contributed by atoms with van der Waals surface area (Å²) in [6.45, 7) is -0.928. The molecular weight excluding hydrogens is 589 g/mol. The molecule has 0 radical (unpaired) electrons. The highest BCUT2D eigenvalue weighted by molar-refractivity contribution is 7.89. The van der Waals surface area contributed by atoms with E-state index in [0.717, 1.165) is 16.4 Å². The first kappa shape index (κ1) is 32.0. The van der Waals surface area contributed by atoms with Crippen LogP contribution < -0.4 is 10.1 Å². The highest BCUT2D eigenvalue weighted by Gasteiger charge is 2.33. The van der Waals surface area contributed by atoms with Crippen LogP contribution in [0.3, 0.4) is 0 Å². The van der Waals surface area contributed by atoms with E-state index < -0.39 is 46.5 Å². The molecule has 0 unspecified atom stereocenters. The van der Waals surface area contributed by atoms with Crippen molar-refractivity contribution in [3.05, 3.63) is 102 Å². The number of alkyl halides is 3. The lowest BCUT2D eigenvalue weighted by Gasteiger charge is -2.30. The first-order valence-electron chi connectivity index (χ1n) is 13.3. The minimum atomic E-state index is -4.50. The molecule has 0 bridgehead atoms. The summed E-state index contributed by atoms with van der Waals surface area (Å²) in [7, 11) is -2.53. The van der Waals surface area contributed by atoms with E-state index in [1.807, 2.05) is 0 Å². The lowest BCUT2D eigenvalue weighted by Crippen LogP contribution is -2.37. The number of nitrogens with zero attached hydrogens (tertiary/aromatic N) is 1. The maximum absolute atomic E-state index is 13.2. The minimum Gasteiger partial charge on any atom is -0.497 e. The van der Waals surface area contributed by atoms with E-state index in [1.54, 1.807) is 30.3 Å². The molecule has 0 saturated carbocycles. The Morgan fingerprint density at radius 1 is 1.02 bits per heavy atom. The van der Waals surface area contributed by atoms with Gasteiger partial charge in [0, 0.05) is 31.1 Å². The Bertz CT molecular complexity index is 1500. The predicted octanol–water partition coefficient (Wildman–Crippen LogP) is 4.77. The van der Waals surface area contributed by atoms with Crippen LogP contribution in [-0.2, 0) is 30.5 Å². The summed E-state index contributed by atoms with van der Waals surface area (Å²) >= 11 is 0. The number of rotatable bonds is 12. The third-order valence-electron chi connectivity index (χ3n) is 6.67. The Labute approximate surface area is 247 Å². The molecule has 4 rings (SSSR count). The van der Waals surface area contributed by atoms with Gasteiger partial charge >= 0.3 is 6.18 Å². The van der Waals surface area contributed by atoms with Gasteiger partial charge < -0.3 is 24.6 Å². The van der Waals surface area contributed by atoms with Crippen molar-refractivity contribution in [2.24, 2.45) is 0 Å². The number of methoxy groups -OCH3 is 1. The number of sulfonamides is 1. The summed E-state index contributed by atoms with van der Waals surface area (Å²) in [4.78, 5) is 13.0. The molecular formula is C30H31F3N2O7S. The molecule has 3 aromatic carbocycles. The summed E-state index contributed by atoms with van der Waals surface area (Å²) in [5.41, 5.74) is 0.220. The number of allylic oxidation sites excluding steroid dienone is 1. The molecule has 1 amide bonds. The number of para-hydroxylation sites is 1. The normalized spacial score (nSPS) is 17.2. The molecule has 2 N–H and O–H groups in total. The van der Waals surface area contributed by atoms with Gasteiger partial charge in [0.15, 0.2) is 5.76 Å². The highest BCUT2D eigenvalue weighted by Crippen LogP contribution is 2.35. The number of nitrogens with one attached hydrogen (secondary N) is 1. The van der Waals surface area contributed by atoms with Gasteiger partial charge in [-0.05, 0) is 60.2 Å². The van der Waals surface area contributed by atoms with Crippen molar-refractivity contribution in [3.8, 4) is 5.75 Å². The van der Waals surface area contributed by atoms with E-state index in [-0.39, 0.29) is 36.8 Å². The Hall–Kier alpha value is -3.91. The average molecular weight is 621 g/mol. The zero-order valence-corrected chi connectivity index (χ0v) is 24.0. The molecule has 0 aromatic heterocycles. The molecule has 2 atom stereocenters. The minimum absolute atomic E-state index is 0.000775. The molecule has 1 heterocycles. The second-order valence-corrected chi connectivity index (χ2v) is 11.5. The quantitative estimate of drug-likeness (QED) is 0.300. The Morgan fingerprint density at radius 2 is 1.70 bits per heavy atom. The molecule has 43 heavy (non-hydrogen) atoms. The fraction of sp³-hybridized carbons (Fsp3) is 0.300. The van der Waals surface area contributed by atoms with Crippen LogP contribution in [0, 0.1) is 0 Å². The molecule has 0 fully saturated rings. The Morgan fingerprint density at radius 3 is 2.30 bits per heavy atom. The van der Waals surface area contributed by atoms with E-state index in [2.05, 4.69) is 5.32 Å². The summed E-state index contributed by atoms with van der Waals surface area (Å²) in [6.07, 6.45) is -3.84. The van der Waals surface area contributed by atoms with E-state index >= 15 is 0 Å². The van der Waals surface area contributed by atoms with Crippen molar-refractivity contribution >= 4 is 21.6 Å². The number of amides is 1. The van der Waals surface area contributed by atoms with E-state index in [1.165, 1.54) is 49.6 Å². The van der Waals surface area contributed by atoms with Gasteiger partial charge in [0.2, 0.25) is 16.3 Å². The van der Waals surface area contributed by atoms with Crippen LogP contribution in [0.1, 0.15) is 23.5 Å². The van der Waals surface area contributed by atoms with Gasteiger partial charge in [0.25, 0.3) is 5.91 Å². The van der Waals surface area contributed by atoms with E-state index in [9.17, 15) is 31.5 Å². The highest BCUT2D eigenvalue weighted by atomic mass is 32.2. The van der Waals surface area contributed by atoms with Crippen LogP contribution in [0.4, 0.5) is 18.9 Å². The van der Waals surface area contributed by atoms with Crippen LogP contribution in [0.5, 0.6) is 5.75 Å². The molecule has 1 aliphatic rings. The maximum Gasteiger partial charge on any atom is 0.416 e. The number of carbonyl (C=O) groups excluding carboxylic acids is 1. The number of anilines is 1. The fourth-order valence-corrected chi connectivity index (χ4v) is 5.85. The van der Waals surface area contributed by atoms with Crippen LogP contribution in [-0.4, -0.2) is 63.4 Å². The number of aliphatic hydroxyl groups excluding tert-OH is 1. The van der Waals surface area contributed by atoms with E-state index in [4.69, 9.17) is 14.2 Å². The summed E-state index contributed by atoms with van der Waals surface area (Å²) in [5.74, 6) is -0.731. The van der Waals surface area contributed by atoms with Crippen LogP contribution in [0.25, 0.3) is 0 Å². The van der Waals surface area contributed by atoms with Gasteiger partial charge in [-0.3, -0.25) is 4.79 Å². The second kappa shape index (κ2) is 14.0. The molecule has 0 aliphatic carbocycles. The average Bonchev–Trinajstić information content (AvgIpc) is 3.00. The van der Waals surface area contributed by atoms with Crippen molar-refractivity contribution in [1.29, 1.82) is 0 Å². The van der Waals surface area contributed by atoms with Crippen molar-refractivity contribution in [3.63, 3.8) is 0 Å². The SMILES string of the molecule is COc1ccc(S(=O)(=O)N(CCO)CCO[C@H]2C[C@@H](c3ccc(C(F)(F)F)cc3)C=C(C(=O)Nc3ccccc3)O2)cc1. The third kappa shape index (κ3) is 8.35. The van der Waals surface area contributed by atoms with Gasteiger partial charge in [-0.1, -0.05) is 30.3 Å². The van der Waals surface area contributed by atoms with Crippen LogP contribution in [0.2, 0.25) is 0 Å². The number of hydrogen-bond donors (Lipinski definition) is 2. The number of hydrogen-bond acceptors (Lipinski definition) is 7. The van der Waals surface area contributed by atoms with Crippen molar-refractivity contribution in [2.45, 2.75) is 29.7 Å². The third-order valence-corrected chi connectivity index (χ3v) is 8.58. The first-order chi connectivity index (χ1) is 20.5. The van der Waals surface area contributed by atoms with Gasteiger partial charge in [0.1, 0.15) is 5.75 Å². The second-order valence-electron chi connectivity index (χ2n) is 9.53. The smallest absolute Gasteiger partial charge is 0.416 e. The number of aliphatic hydroxyl groups is 1. The molecule has 0 spiro atoms. The Kier molecular flexibility index (Phi) is 10.5. The number of ether oxygens (including phenoxy) is 3. The maximum atomic E-state index is 13.2. The molecule has 1 aliphatic heterocycles. The topological polar surface area (TPSA) is 114 Å². The van der Waals surface area contributed by atoms with E-state index in [0.29, 0.717) is 17.0 Å². The zero-order chi connectivity index (χ0) is 31.0. The Balaban J connectivity index is 1.50. The molecule has 3 aromatic rings. The van der Waals surface area contributed by atoms with Gasteiger partial charge in [-0.15, -0.1) is 0 Å². The lowest BCUT2D eigenvalue weighted by molar-refractivity contribution is -0.143. The van der Waals surface area contributed by atoms with Crippen LogP contribution in [0.15, 0.2) is 95.6 Å². The van der Waals surface area contributed by atoms with Crippen molar-refractivity contribution < 1.29 is 45.7 Å². The van der Waals surface area contributed by atoms with Crippen molar-refractivity contribution in [2.75, 3.05) is 38.7 Å². The number of carbonyl (C=O) groups is 1. The number of halogens is 3. The molecule has 230 valence electrons. The molecule has 0 saturated heterocycles. The standard InChI is InChI=1S/C30H31F3N2O7S/c1-40-25-11-13-26(14-12-25)43(38,39)35(15-17-36)16-18-41-28-20-22(21-7-9-23(10-8-21)30(31,32)33)19-27(42-28)29(37)34-24-5-3-2-4-6-24/h2-14,19,22,28,36H,15-18,20H2,1H3,(H,34,37)/t22-,28+/m0/s1. The largest absolute Gasteiger partial charge is 0.497 e. The fourth-order valence-electron chi connectivity index (χ4n) is 4.43. The molecule has 9 nitrogen and oxygen atoms in total. The zero-order valence-electron chi connectivity index (χ0n) is 23.2. The monoisotopic (exact) mass is 620 g/mol. The molecule has 13 heteroatoms. The van der Waals surface area contributed by atoms with Gasteiger partial charge in [-0.2, -0.15) is 17.5 Å². The summed E-state index contributed by atoms with van der Waals surface area (Å²) in [6, 6.07) is 19.0. The van der Waals surface area contributed by atoms with Gasteiger partial charge in [-0.25, -0.2) is 8.42 Å². The predicted molar refractivity (Wildman–Crippen MR) is 152 cm³/mol. The number of benzene rings is 3. The van der Waals surface area contributed by atoms with Crippen LogP contribution >= 0.6 is 0 Å².